The summed E-state index contributed by atoms with van der Waals surface area (Å²) in [5.74, 6) is 1.96. The van der Waals surface area contributed by atoms with E-state index in [2.05, 4.69) is 23.9 Å². The molecule has 30 heavy (non-hydrogen) atoms. The number of amides is 1. The van der Waals surface area contributed by atoms with Crippen molar-refractivity contribution in [3.05, 3.63) is 70.2 Å². The van der Waals surface area contributed by atoms with E-state index in [1.54, 1.807) is 10.9 Å². The van der Waals surface area contributed by atoms with Gasteiger partial charge < -0.3 is 9.32 Å². The van der Waals surface area contributed by atoms with Crippen LogP contribution in [-0.4, -0.2) is 38.7 Å². The third kappa shape index (κ3) is 4.43. The third-order valence-electron chi connectivity index (χ3n) is 5.63. The van der Waals surface area contributed by atoms with Gasteiger partial charge >= 0.3 is 0 Å². The van der Waals surface area contributed by atoms with Gasteiger partial charge in [-0.3, -0.25) is 9.48 Å². The Morgan fingerprint density at radius 2 is 2.07 bits per heavy atom. The highest BCUT2D eigenvalue weighted by Crippen LogP contribution is 2.28. The number of nitrogens with zero attached hydrogens (tertiary/aromatic N) is 4. The Hall–Kier alpha value is -2.60. The van der Waals surface area contributed by atoms with E-state index < -0.39 is 0 Å². The lowest BCUT2D eigenvalue weighted by molar-refractivity contribution is 0.0686. The minimum absolute atomic E-state index is 0.0227. The molecule has 0 N–H and O–H groups in total. The van der Waals surface area contributed by atoms with Crippen LogP contribution in [0.15, 0.2) is 40.9 Å². The fraction of sp³-hybridized carbons (Fsp3) is 0.435. The van der Waals surface area contributed by atoms with Gasteiger partial charge in [0.1, 0.15) is 11.5 Å². The van der Waals surface area contributed by atoms with Gasteiger partial charge in [-0.1, -0.05) is 37.6 Å². The van der Waals surface area contributed by atoms with Crippen molar-refractivity contribution in [1.82, 2.24) is 19.7 Å². The average molecular weight is 427 g/mol. The molecule has 1 aromatic carbocycles. The molecule has 7 heteroatoms. The van der Waals surface area contributed by atoms with Crippen LogP contribution in [0.4, 0.5) is 0 Å². The van der Waals surface area contributed by atoms with Gasteiger partial charge in [-0.15, -0.1) is 0 Å². The second kappa shape index (κ2) is 8.64. The molecule has 1 atom stereocenters. The Kier molecular flexibility index (Phi) is 5.95. The molecule has 0 saturated carbocycles. The van der Waals surface area contributed by atoms with Gasteiger partial charge in [0.2, 0.25) is 0 Å². The Morgan fingerprint density at radius 1 is 1.30 bits per heavy atom. The quantitative estimate of drug-likeness (QED) is 0.588. The first-order valence-electron chi connectivity index (χ1n) is 10.4. The van der Waals surface area contributed by atoms with Crippen LogP contribution in [0.2, 0.25) is 5.02 Å². The minimum atomic E-state index is 0.0227. The number of aryl methyl sites for hydroxylation is 1. The molecule has 0 spiro atoms. The SMILES string of the molecule is CC(C)c1cc(C(=O)N2CCCC(c3ncc(Cc4ccc(Cl)cc4)o3)C2)n(C)n1. The second-order valence-corrected chi connectivity index (χ2v) is 8.73. The molecular formula is C23H27ClN4O2. The molecular weight excluding hydrogens is 400 g/mol. The highest BCUT2D eigenvalue weighted by atomic mass is 35.5. The van der Waals surface area contributed by atoms with E-state index >= 15 is 0 Å². The molecule has 3 heterocycles. The van der Waals surface area contributed by atoms with Crippen LogP contribution in [0.25, 0.3) is 0 Å². The van der Waals surface area contributed by atoms with Crippen molar-refractivity contribution in [1.29, 1.82) is 0 Å². The van der Waals surface area contributed by atoms with Crippen molar-refractivity contribution < 1.29 is 9.21 Å². The Morgan fingerprint density at radius 3 is 2.77 bits per heavy atom. The number of halogens is 1. The number of aromatic nitrogens is 3. The molecule has 6 nitrogen and oxygen atoms in total. The van der Waals surface area contributed by atoms with Crippen LogP contribution < -0.4 is 0 Å². The van der Waals surface area contributed by atoms with Gasteiger partial charge in [0.05, 0.1) is 17.8 Å². The zero-order chi connectivity index (χ0) is 21.3. The van der Waals surface area contributed by atoms with Gasteiger partial charge in [-0.05, 0) is 42.5 Å². The maximum atomic E-state index is 13.1. The lowest BCUT2D eigenvalue weighted by Gasteiger charge is -2.31. The number of likely N-dealkylation sites (tertiary alicyclic amines) is 1. The van der Waals surface area contributed by atoms with Crippen molar-refractivity contribution in [2.75, 3.05) is 13.1 Å². The number of rotatable bonds is 5. The fourth-order valence-corrected chi connectivity index (χ4v) is 4.02. The van der Waals surface area contributed by atoms with Crippen LogP contribution in [0.5, 0.6) is 0 Å². The molecule has 158 valence electrons. The maximum absolute atomic E-state index is 13.1. The van der Waals surface area contributed by atoms with Crippen LogP contribution in [0, 0.1) is 0 Å². The van der Waals surface area contributed by atoms with Crippen molar-refractivity contribution in [2.24, 2.45) is 7.05 Å². The van der Waals surface area contributed by atoms with Gasteiger partial charge in [0.15, 0.2) is 5.89 Å². The highest BCUT2D eigenvalue weighted by Gasteiger charge is 2.30. The highest BCUT2D eigenvalue weighted by molar-refractivity contribution is 6.30. The number of oxazole rings is 1. The van der Waals surface area contributed by atoms with E-state index in [0.29, 0.717) is 30.5 Å². The van der Waals surface area contributed by atoms with E-state index in [1.165, 1.54) is 0 Å². The average Bonchev–Trinajstić information content (AvgIpc) is 3.36. The topological polar surface area (TPSA) is 64.2 Å². The Balaban J connectivity index is 1.44. The van der Waals surface area contributed by atoms with Gasteiger partial charge in [0.25, 0.3) is 5.91 Å². The third-order valence-corrected chi connectivity index (χ3v) is 5.88. The predicted molar refractivity (Wildman–Crippen MR) is 116 cm³/mol. The van der Waals surface area contributed by atoms with Crippen molar-refractivity contribution in [3.8, 4) is 0 Å². The van der Waals surface area contributed by atoms with E-state index in [0.717, 1.165) is 41.4 Å². The summed E-state index contributed by atoms with van der Waals surface area (Å²) in [5, 5.41) is 5.20. The maximum Gasteiger partial charge on any atom is 0.272 e. The van der Waals surface area contributed by atoms with Gasteiger partial charge in [0, 0.05) is 31.6 Å². The minimum Gasteiger partial charge on any atom is -0.445 e. The zero-order valence-electron chi connectivity index (χ0n) is 17.6. The summed E-state index contributed by atoms with van der Waals surface area (Å²) in [6.45, 7) is 5.52. The van der Waals surface area contributed by atoms with Crippen LogP contribution in [0.3, 0.4) is 0 Å². The van der Waals surface area contributed by atoms with E-state index in [9.17, 15) is 4.79 Å². The molecule has 0 radical (unpaired) electrons. The summed E-state index contributed by atoms with van der Waals surface area (Å²) in [6.07, 6.45) is 4.36. The lowest BCUT2D eigenvalue weighted by atomic mass is 9.97. The largest absolute Gasteiger partial charge is 0.445 e. The number of carbonyl (C=O) groups excluding carboxylic acids is 1. The van der Waals surface area contributed by atoms with Crippen LogP contribution in [0.1, 0.15) is 71.9 Å². The molecule has 1 unspecified atom stereocenters. The Labute approximate surface area is 181 Å². The zero-order valence-corrected chi connectivity index (χ0v) is 18.4. The summed E-state index contributed by atoms with van der Waals surface area (Å²) >= 11 is 5.96. The molecule has 1 fully saturated rings. The number of hydrogen-bond donors (Lipinski definition) is 0. The summed E-state index contributed by atoms with van der Waals surface area (Å²) < 4.78 is 7.74. The molecule has 1 saturated heterocycles. The molecule has 0 aliphatic carbocycles. The van der Waals surface area contributed by atoms with Crippen LogP contribution in [-0.2, 0) is 13.5 Å². The second-order valence-electron chi connectivity index (χ2n) is 8.29. The molecule has 2 aromatic heterocycles. The Bertz CT molecular complexity index is 1020. The monoisotopic (exact) mass is 426 g/mol. The van der Waals surface area contributed by atoms with Crippen molar-refractivity contribution in [2.45, 2.75) is 44.9 Å². The summed E-state index contributed by atoms with van der Waals surface area (Å²) in [7, 11) is 1.83. The summed E-state index contributed by atoms with van der Waals surface area (Å²) in [6, 6.07) is 9.64. The van der Waals surface area contributed by atoms with E-state index in [1.807, 2.05) is 42.3 Å². The standard InChI is InChI=1S/C23H27ClN4O2/c1-15(2)20-12-21(27(3)26-20)23(29)28-10-4-5-17(14-28)22-25-13-19(30-22)11-16-6-8-18(24)9-7-16/h6-9,12-13,15,17H,4-5,10-11,14H2,1-3H3. The first-order valence-corrected chi connectivity index (χ1v) is 10.8. The molecule has 0 bridgehead atoms. The van der Waals surface area contributed by atoms with Gasteiger partial charge in [-0.25, -0.2) is 4.98 Å². The normalized spacial score (nSPS) is 17.0. The molecule has 4 rings (SSSR count). The van der Waals surface area contributed by atoms with Crippen molar-refractivity contribution >= 4 is 17.5 Å². The number of benzene rings is 1. The number of carbonyl (C=O) groups is 1. The first-order chi connectivity index (χ1) is 14.4. The molecule has 1 aliphatic heterocycles. The van der Waals surface area contributed by atoms with E-state index in [4.69, 9.17) is 16.0 Å². The molecule has 1 amide bonds. The smallest absolute Gasteiger partial charge is 0.272 e. The molecule has 1 aliphatic rings. The molecule has 3 aromatic rings. The predicted octanol–water partition coefficient (Wildman–Crippen LogP) is 4.80. The van der Waals surface area contributed by atoms with Crippen LogP contribution >= 0.6 is 11.6 Å². The van der Waals surface area contributed by atoms with E-state index in [-0.39, 0.29) is 11.8 Å². The lowest BCUT2D eigenvalue weighted by Crippen LogP contribution is -2.40. The van der Waals surface area contributed by atoms with Crippen molar-refractivity contribution in [3.63, 3.8) is 0 Å². The fourth-order valence-electron chi connectivity index (χ4n) is 3.89. The number of hydrogen-bond acceptors (Lipinski definition) is 4. The summed E-state index contributed by atoms with van der Waals surface area (Å²) in [4.78, 5) is 19.5. The van der Waals surface area contributed by atoms with Gasteiger partial charge in [-0.2, -0.15) is 5.10 Å². The number of piperidine rings is 1. The first kappa shape index (κ1) is 20.7. The summed E-state index contributed by atoms with van der Waals surface area (Å²) in [5.41, 5.74) is 2.70.